The molecule has 6 heteroatoms. The Balaban J connectivity index is 2.21. The van der Waals surface area contributed by atoms with E-state index in [0.29, 0.717) is 13.0 Å². The van der Waals surface area contributed by atoms with Crippen LogP contribution in [0, 0.1) is 0 Å². The maximum Gasteiger partial charge on any atom is 0.321 e. The third-order valence-corrected chi connectivity index (χ3v) is 2.07. The van der Waals surface area contributed by atoms with E-state index in [1.54, 1.807) is 12.4 Å². The summed E-state index contributed by atoms with van der Waals surface area (Å²) in [5.41, 5.74) is 1.07. The highest BCUT2D eigenvalue weighted by Gasteiger charge is 2.04. The van der Waals surface area contributed by atoms with E-state index in [9.17, 15) is 9.59 Å². The molecule has 3 amide bonds. The van der Waals surface area contributed by atoms with Gasteiger partial charge in [-0.3, -0.25) is 15.1 Å². The van der Waals surface area contributed by atoms with Crippen molar-refractivity contribution in [3.8, 4) is 0 Å². The lowest BCUT2D eigenvalue weighted by Crippen LogP contribution is -2.40. The van der Waals surface area contributed by atoms with Crippen molar-refractivity contribution < 1.29 is 9.59 Å². The molecule has 1 aromatic heterocycles. The fourth-order valence-electron chi connectivity index (χ4n) is 1.07. The van der Waals surface area contributed by atoms with Crippen LogP contribution in [0.1, 0.15) is 5.56 Å². The number of carbonyl (C=O) groups is 2. The molecule has 0 fully saturated rings. The lowest BCUT2D eigenvalue weighted by atomic mass is 10.2. The largest absolute Gasteiger partial charge is 0.337 e. The molecule has 0 aliphatic rings. The maximum atomic E-state index is 11.1. The van der Waals surface area contributed by atoms with Gasteiger partial charge in [-0.2, -0.15) is 0 Å². The van der Waals surface area contributed by atoms with Gasteiger partial charge in [-0.25, -0.2) is 4.79 Å². The number of pyridine rings is 1. The van der Waals surface area contributed by atoms with Crippen LogP contribution >= 0.6 is 11.6 Å². The highest BCUT2D eigenvalue weighted by atomic mass is 35.5. The summed E-state index contributed by atoms with van der Waals surface area (Å²) in [6.45, 7) is 0.450. The van der Waals surface area contributed by atoms with E-state index in [1.807, 2.05) is 12.1 Å². The van der Waals surface area contributed by atoms with Gasteiger partial charge in [0.2, 0.25) is 5.91 Å². The van der Waals surface area contributed by atoms with Crippen LogP contribution in [0.15, 0.2) is 24.5 Å². The Morgan fingerprint density at radius 3 is 2.62 bits per heavy atom. The summed E-state index contributed by atoms with van der Waals surface area (Å²) in [6, 6.07) is 3.20. The molecule has 0 saturated heterocycles. The number of carbonyl (C=O) groups excluding carboxylic acids is 2. The molecule has 0 aromatic carbocycles. The van der Waals surface area contributed by atoms with E-state index >= 15 is 0 Å². The van der Waals surface area contributed by atoms with Crippen molar-refractivity contribution in [2.45, 2.75) is 6.42 Å². The average Bonchev–Trinajstić information content (AvgIpc) is 2.30. The highest BCUT2D eigenvalue weighted by Crippen LogP contribution is 1.95. The number of hydrogen-bond acceptors (Lipinski definition) is 3. The van der Waals surface area contributed by atoms with Gasteiger partial charge >= 0.3 is 6.03 Å². The monoisotopic (exact) mass is 241 g/mol. The predicted octanol–water partition coefficient (Wildman–Crippen LogP) is 0.689. The minimum absolute atomic E-state index is 0.224. The number of urea groups is 1. The van der Waals surface area contributed by atoms with E-state index in [2.05, 4.69) is 15.6 Å². The lowest BCUT2D eigenvalue weighted by Gasteiger charge is -2.05. The molecule has 0 unspecified atom stereocenters. The molecule has 0 saturated carbocycles. The number of rotatable bonds is 4. The number of amides is 3. The van der Waals surface area contributed by atoms with Crippen LogP contribution in [-0.4, -0.2) is 29.3 Å². The van der Waals surface area contributed by atoms with Crippen LogP contribution < -0.4 is 10.6 Å². The van der Waals surface area contributed by atoms with Crippen LogP contribution in [0.5, 0.6) is 0 Å². The van der Waals surface area contributed by atoms with Crippen molar-refractivity contribution in [3.05, 3.63) is 30.1 Å². The van der Waals surface area contributed by atoms with Crippen LogP contribution in [0.2, 0.25) is 0 Å². The summed E-state index contributed by atoms with van der Waals surface area (Å²) >= 11 is 5.23. The molecule has 0 spiro atoms. The second-order valence-electron chi connectivity index (χ2n) is 3.04. The summed E-state index contributed by atoms with van der Waals surface area (Å²) in [7, 11) is 0. The number of imide groups is 1. The van der Waals surface area contributed by atoms with Crippen molar-refractivity contribution in [2.24, 2.45) is 0 Å². The van der Waals surface area contributed by atoms with Crippen molar-refractivity contribution >= 4 is 23.5 Å². The lowest BCUT2D eigenvalue weighted by molar-refractivity contribution is -0.117. The zero-order valence-corrected chi connectivity index (χ0v) is 9.33. The molecule has 0 aliphatic heterocycles. The molecular formula is C10H12ClN3O2. The summed E-state index contributed by atoms with van der Waals surface area (Å²) in [5, 5.41) is 4.63. The van der Waals surface area contributed by atoms with Gasteiger partial charge in [-0.15, -0.1) is 11.6 Å². The average molecular weight is 242 g/mol. The number of nitrogens with zero attached hydrogens (tertiary/aromatic N) is 1. The van der Waals surface area contributed by atoms with Crippen LogP contribution in [-0.2, 0) is 11.2 Å². The molecule has 0 bridgehead atoms. The second kappa shape index (κ2) is 6.79. The van der Waals surface area contributed by atoms with E-state index < -0.39 is 11.9 Å². The summed E-state index contributed by atoms with van der Waals surface area (Å²) in [6.07, 6.45) is 4.06. The number of aromatic nitrogens is 1. The van der Waals surface area contributed by atoms with Gasteiger partial charge in [-0.1, -0.05) is 0 Å². The van der Waals surface area contributed by atoms with E-state index in [-0.39, 0.29) is 5.88 Å². The molecule has 5 nitrogen and oxygen atoms in total. The van der Waals surface area contributed by atoms with Crippen molar-refractivity contribution in [3.63, 3.8) is 0 Å². The van der Waals surface area contributed by atoms with E-state index in [0.717, 1.165) is 5.56 Å². The van der Waals surface area contributed by atoms with Crippen molar-refractivity contribution in [2.75, 3.05) is 12.4 Å². The van der Waals surface area contributed by atoms with E-state index in [1.165, 1.54) is 0 Å². The van der Waals surface area contributed by atoms with Crippen LogP contribution in [0.3, 0.4) is 0 Å². The molecule has 0 atom stereocenters. The topological polar surface area (TPSA) is 71.1 Å². The molecule has 2 N–H and O–H groups in total. The normalized spacial score (nSPS) is 9.56. The summed E-state index contributed by atoms with van der Waals surface area (Å²) in [4.78, 5) is 25.7. The third-order valence-electron chi connectivity index (χ3n) is 1.82. The van der Waals surface area contributed by atoms with Gasteiger partial charge in [0.1, 0.15) is 5.88 Å². The molecule has 1 heterocycles. The number of halogens is 1. The SMILES string of the molecule is O=C(CCl)NC(=O)NCCc1ccncc1. The van der Waals surface area contributed by atoms with Gasteiger partial charge in [0.05, 0.1) is 0 Å². The van der Waals surface area contributed by atoms with Gasteiger partial charge in [0, 0.05) is 18.9 Å². The Bertz CT molecular complexity index is 356. The molecule has 0 radical (unpaired) electrons. The van der Waals surface area contributed by atoms with Crippen molar-refractivity contribution in [1.29, 1.82) is 0 Å². The van der Waals surface area contributed by atoms with Crippen molar-refractivity contribution in [1.82, 2.24) is 15.6 Å². The quantitative estimate of drug-likeness (QED) is 0.762. The first-order chi connectivity index (χ1) is 7.72. The fourth-order valence-corrected chi connectivity index (χ4v) is 1.14. The molecule has 1 rings (SSSR count). The zero-order valence-electron chi connectivity index (χ0n) is 8.57. The first-order valence-corrected chi connectivity index (χ1v) is 5.28. The van der Waals surface area contributed by atoms with Crippen LogP contribution in [0.25, 0.3) is 0 Å². The number of nitrogens with one attached hydrogen (secondary N) is 2. The second-order valence-corrected chi connectivity index (χ2v) is 3.31. The summed E-state index contributed by atoms with van der Waals surface area (Å²) in [5.74, 6) is -0.735. The Labute approximate surface area is 98.2 Å². The Morgan fingerprint density at radius 2 is 2.00 bits per heavy atom. The molecular weight excluding hydrogens is 230 g/mol. The Kier molecular flexibility index (Phi) is 5.28. The Morgan fingerprint density at radius 1 is 1.31 bits per heavy atom. The molecule has 1 aromatic rings. The number of alkyl halides is 1. The predicted molar refractivity (Wildman–Crippen MR) is 60.2 cm³/mol. The third kappa shape index (κ3) is 4.75. The first kappa shape index (κ1) is 12.4. The highest BCUT2D eigenvalue weighted by molar-refractivity contribution is 6.28. The Hall–Kier alpha value is -1.62. The minimum Gasteiger partial charge on any atom is -0.337 e. The molecule has 86 valence electrons. The number of hydrogen-bond donors (Lipinski definition) is 2. The van der Waals surface area contributed by atoms with Crippen LogP contribution in [0.4, 0.5) is 4.79 Å². The zero-order chi connectivity index (χ0) is 11.8. The smallest absolute Gasteiger partial charge is 0.321 e. The van der Waals surface area contributed by atoms with Gasteiger partial charge in [0.15, 0.2) is 0 Å². The first-order valence-electron chi connectivity index (χ1n) is 4.75. The molecule has 16 heavy (non-hydrogen) atoms. The standard InChI is InChI=1S/C10H12ClN3O2/c11-7-9(15)14-10(16)13-6-3-8-1-4-12-5-2-8/h1-2,4-5H,3,6-7H2,(H2,13,14,15,16). The fraction of sp³-hybridized carbons (Fsp3) is 0.300. The summed E-state index contributed by atoms with van der Waals surface area (Å²) < 4.78 is 0. The molecule has 0 aliphatic carbocycles. The maximum absolute atomic E-state index is 11.1. The van der Waals surface area contributed by atoms with E-state index in [4.69, 9.17) is 11.6 Å². The van der Waals surface area contributed by atoms with Gasteiger partial charge in [-0.05, 0) is 24.1 Å². The minimum atomic E-state index is -0.528. The van der Waals surface area contributed by atoms with Gasteiger partial charge < -0.3 is 5.32 Å². The van der Waals surface area contributed by atoms with Gasteiger partial charge in [0.25, 0.3) is 0 Å².